The van der Waals surface area contributed by atoms with Crippen molar-refractivity contribution in [3.63, 3.8) is 0 Å². The van der Waals surface area contributed by atoms with E-state index in [1.54, 1.807) is 4.90 Å². The zero-order valence-corrected chi connectivity index (χ0v) is 23.8. The molecule has 7 heteroatoms. The minimum absolute atomic E-state index is 0.116. The normalized spacial score (nSPS) is 13.8. The molecule has 0 saturated carbocycles. The minimum atomic E-state index is -0.378. The van der Waals surface area contributed by atoms with Crippen molar-refractivity contribution in [2.75, 3.05) is 7.11 Å². The molecule has 1 amide bonds. The van der Waals surface area contributed by atoms with Gasteiger partial charge in [-0.3, -0.25) is 9.69 Å². The van der Waals surface area contributed by atoms with Gasteiger partial charge in [-0.25, -0.2) is 4.79 Å². The van der Waals surface area contributed by atoms with E-state index in [9.17, 15) is 9.59 Å². The maximum Gasteiger partial charge on any atom is 0.410 e. The molecule has 6 nitrogen and oxygen atoms in total. The van der Waals surface area contributed by atoms with Gasteiger partial charge in [0.1, 0.15) is 18.1 Å². The highest BCUT2D eigenvalue weighted by molar-refractivity contribution is 9.10. The van der Waals surface area contributed by atoms with Gasteiger partial charge in [0.2, 0.25) is 0 Å². The lowest BCUT2D eigenvalue weighted by Crippen LogP contribution is -2.34. The SMILES string of the molecule is COC(=O)Cc1cccc(Oc2ccc(Br)cc2CN(C(=O)OCc2ccccc2)[C@H]2CCc3ccccc32)c1. The first-order chi connectivity index (χ1) is 19.5. The maximum atomic E-state index is 13.7. The average Bonchev–Trinajstić information content (AvgIpc) is 3.40. The number of methoxy groups -OCH3 is 1. The van der Waals surface area contributed by atoms with Gasteiger partial charge in [-0.1, -0.05) is 82.7 Å². The third-order valence-corrected chi connectivity index (χ3v) is 7.48. The number of benzene rings is 4. The Labute approximate surface area is 242 Å². The molecule has 0 saturated heterocycles. The number of rotatable bonds is 9. The number of halogens is 1. The number of nitrogens with zero attached hydrogens (tertiary/aromatic N) is 1. The number of carbonyl (C=O) groups excluding carboxylic acids is 2. The van der Waals surface area contributed by atoms with Crippen molar-refractivity contribution in [3.8, 4) is 11.5 Å². The second kappa shape index (κ2) is 12.8. The third kappa shape index (κ3) is 6.72. The molecule has 0 spiro atoms. The van der Waals surface area contributed by atoms with Crippen LogP contribution < -0.4 is 4.74 Å². The van der Waals surface area contributed by atoms with E-state index in [4.69, 9.17) is 14.2 Å². The zero-order chi connectivity index (χ0) is 27.9. The van der Waals surface area contributed by atoms with Gasteiger partial charge >= 0.3 is 12.1 Å². The number of ether oxygens (including phenoxy) is 3. The van der Waals surface area contributed by atoms with Crippen LogP contribution in [0.1, 0.15) is 40.3 Å². The molecule has 40 heavy (non-hydrogen) atoms. The molecule has 0 aromatic heterocycles. The Hall–Kier alpha value is -4.10. The molecule has 0 bridgehead atoms. The number of fused-ring (bicyclic) bond motifs is 1. The summed E-state index contributed by atoms with van der Waals surface area (Å²) < 4.78 is 17.8. The zero-order valence-electron chi connectivity index (χ0n) is 22.2. The molecule has 4 aromatic rings. The van der Waals surface area contributed by atoms with Crippen molar-refractivity contribution in [3.05, 3.63) is 129 Å². The number of hydrogen-bond acceptors (Lipinski definition) is 5. The minimum Gasteiger partial charge on any atom is -0.469 e. The van der Waals surface area contributed by atoms with Crippen LogP contribution in [0.5, 0.6) is 11.5 Å². The molecule has 0 aliphatic heterocycles. The summed E-state index contributed by atoms with van der Waals surface area (Å²) in [5, 5.41) is 0. The monoisotopic (exact) mass is 599 g/mol. The fourth-order valence-electron chi connectivity index (χ4n) is 5.00. The van der Waals surface area contributed by atoms with Crippen LogP contribution >= 0.6 is 15.9 Å². The Morgan fingerprint density at radius 3 is 2.50 bits per heavy atom. The van der Waals surface area contributed by atoms with Gasteiger partial charge in [0.15, 0.2) is 0 Å². The van der Waals surface area contributed by atoms with Crippen molar-refractivity contribution in [1.82, 2.24) is 4.90 Å². The molecule has 204 valence electrons. The molecule has 1 atom stereocenters. The van der Waals surface area contributed by atoms with Crippen molar-refractivity contribution >= 4 is 28.0 Å². The van der Waals surface area contributed by atoms with Crippen molar-refractivity contribution < 1.29 is 23.8 Å². The molecule has 0 N–H and O–H groups in total. The van der Waals surface area contributed by atoms with Crippen molar-refractivity contribution in [1.29, 1.82) is 0 Å². The fourth-order valence-corrected chi connectivity index (χ4v) is 5.41. The molecule has 5 rings (SSSR count). The van der Waals surface area contributed by atoms with E-state index in [1.165, 1.54) is 12.7 Å². The largest absolute Gasteiger partial charge is 0.469 e. The van der Waals surface area contributed by atoms with Crippen LogP contribution in [0.2, 0.25) is 0 Å². The van der Waals surface area contributed by atoms with Crippen molar-refractivity contribution in [2.24, 2.45) is 0 Å². The highest BCUT2D eigenvalue weighted by atomic mass is 79.9. The molecular formula is C33H30BrNO5. The van der Waals surface area contributed by atoms with Gasteiger partial charge in [0, 0.05) is 10.0 Å². The number of hydrogen-bond donors (Lipinski definition) is 0. The van der Waals surface area contributed by atoms with E-state index in [2.05, 4.69) is 28.1 Å². The molecule has 4 aromatic carbocycles. The first kappa shape index (κ1) is 27.5. The second-order valence-electron chi connectivity index (χ2n) is 9.68. The highest BCUT2D eigenvalue weighted by Gasteiger charge is 2.32. The quantitative estimate of drug-likeness (QED) is 0.184. The molecular weight excluding hydrogens is 570 g/mol. The van der Waals surface area contributed by atoms with Crippen molar-refractivity contribution in [2.45, 2.75) is 38.5 Å². The van der Waals surface area contributed by atoms with Crippen LogP contribution in [-0.4, -0.2) is 24.1 Å². The lowest BCUT2D eigenvalue weighted by atomic mass is 10.1. The Morgan fingerprint density at radius 1 is 0.900 bits per heavy atom. The highest BCUT2D eigenvalue weighted by Crippen LogP contribution is 2.39. The first-order valence-electron chi connectivity index (χ1n) is 13.2. The van der Waals surface area contributed by atoms with Crippen LogP contribution in [0.25, 0.3) is 0 Å². The summed E-state index contributed by atoms with van der Waals surface area (Å²) in [5.41, 5.74) is 4.94. The van der Waals surface area contributed by atoms with Crippen LogP contribution in [-0.2, 0) is 40.3 Å². The van der Waals surface area contributed by atoms with Crippen LogP contribution in [0.4, 0.5) is 4.79 Å². The number of amides is 1. The van der Waals surface area contributed by atoms with Crippen LogP contribution in [0.15, 0.2) is 102 Å². The Balaban J connectivity index is 1.42. The van der Waals surface area contributed by atoms with Crippen LogP contribution in [0.3, 0.4) is 0 Å². The van der Waals surface area contributed by atoms with Crippen LogP contribution in [0, 0.1) is 0 Å². The summed E-state index contributed by atoms with van der Waals surface area (Å²) >= 11 is 3.58. The lowest BCUT2D eigenvalue weighted by molar-refractivity contribution is -0.139. The predicted molar refractivity (Wildman–Crippen MR) is 156 cm³/mol. The van der Waals surface area contributed by atoms with E-state index >= 15 is 0 Å². The molecule has 0 radical (unpaired) electrons. The summed E-state index contributed by atoms with van der Waals surface area (Å²) in [6.45, 7) is 0.489. The second-order valence-corrected chi connectivity index (χ2v) is 10.6. The summed E-state index contributed by atoms with van der Waals surface area (Å²) in [6, 6.07) is 30.9. The Morgan fingerprint density at radius 2 is 1.68 bits per heavy atom. The molecule has 0 heterocycles. The lowest BCUT2D eigenvalue weighted by Gasteiger charge is -2.30. The van der Waals surface area contributed by atoms with Gasteiger partial charge in [-0.2, -0.15) is 0 Å². The topological polar surface area (TPSA) is 65.1 Å². The van der Waals surface area contributed by atoms with Gasteiger partial charge in [-0.15, -0.1) is 0 Å². The fraction of sp³-hybridized carbons (Fsp3) is 0.212. The third-order valence-electron chi connectivity index (χ3n) is 6.98. The predicted octanol–water partition coefficient (Wildman–Crippen LogP) is 7.78. The summed E-state index contributed by atoms with van der Waals surface area (Å²) in [4.78, 5) is 27.2. The first-order valence-corrected chi connectivity index (χ1v) is 14.0. The molecule has 1 aliphatic carbocycles. The summed E-state index contributed by atoms with van der Waals surface area (Å²) in [6.07, 6.45) is 1.50. The summed E-state index contributed by atoms with van der Waals surface area (Å²) in [5.74, 6) is 0.892. The van der Waals surface area contributed by atoms with Gasteiger partial charge in [0.05, 0.1) is 26.1 Å². The van der Waals surface area contributed by atoms with E-state index in [1.807, 2.05) is 84.9 Å². The van der Waals surface area contributed by atoms with Gasteiger partial charge in [-0.05, 0) is 65.4 Å². The molecule has 0 unspecified atom stereocenters. The van der Waals surface area contributed by atoms with E-state index in [-0.39, 0.29) is 31.1 Å². The van der Waals surface area contributed by atoms with E-state index < -0.39 is 0 Å². The maximum absolute atomic E-state index is 13.7. The molecule has 0 fully saturated rings. The standard InChI is InChI=1S/C33H30BrNO5/c1-38-32(36)19-24-10-7-12-28(18-24)40-31-17-15-27(34)20-26(31)21-35(30-16-14-25-11-5-6-13-29(25)30)33(37)39-22-23-8-3-2-4-9-23/h2-13,15,17-18,20,30H,14,16,19,21-22H2,1H3/t30-/m0/s1. The number of esters is 1. The number of carbonyl (C=O) groups is 2. The van der Waals surface area contributed by atoms with Gasteiger partial charge < -0.3 is 14.2 Å². The smallest absolute Gasteiger partial charge is 0.410 e. The summed E-state index contributed by atoms with van der Waals surface area (Å²) in [7, 11) is 1.37. The Bertz CT molecular complexity index is 1490. The average molecular weight is 601 g/mol. The van der Waals surface area contributed by atoms with E-state index in [0.717, 1.165) is 39.6 Å². The van der Waals surface area contributed by atoms with E-state index in [0.29, 0.717) is 18.0 Å². The Kier molecular flexibility index (Phi) is 8.81. The van der Waals surface area contributed by atoms with Gasteiger partial charge in [0.25, 0.3) is 0 Å². The number of aryl methyl sites for hydroxylation is 1. The molecule has 1 aliphatic rings.